The summed E-state index contributed by atoms with van der Waals surface area (Å²) in [7, 11) is 0. The van der Waals surface area contributed by atoms with Crippen molar-refractivity contribution in [2.45, 2.75) is 69.5 Å². The number of nitrogens with zero attached hydrogens (tertiary/aromatic N) is 4. The highest BCUT2D eigenvalue weighted by molar-refractivity contribution is 6.01. The number of aromatic amines is 1. The molecule has 7 nitrogen and oxygen atoms in total. The minimum Gasteiger partial charge on any atom is -0.461 e. The van der Waals surface area contributed by atoms with Crippen molar-refractivity contribution in [3.63, 3.8) is 0 Å². The summed E-state index contributed by atoms with van der Waals surface area (Å²) in [4.78, 5) is 17.7. The van der Waals surface area contributed by atoms with Crippen molar-refractivity contribution in [1.82, 2.24) is 25.2 Å². The second-order valence-electron chi connectivity index (χ2n) is 12.4. The van der Waals surface area contributed by atoms with Gasteiger partial charge in [-0.15, -0.1) is 0 Å². The Morgan fingerprint density at radius 1 is 1.00 bits per heavy atom. The molecule has 0 radical (unpaired) electrons. The van der Waals surface area contributed by atoms with E-state index in [0.29, 0.717) is 47.2 Å². The van der Waals surface area contributed by atoms with Gasteiger partial charge in [-0.25, -0.2) is 8.78 Å². The van der Waals surface area contributed by atoms with Crippen LogP contribution in [0.5, 0.6) is 6.01 Å². The molecule has 2 bridgehead atoms. The number of hydrogen-bond donors (Lipinski definition) is 2. The monoisotopic (exact) mass is 558 g/mol. The third-order valence-corrected chi connectivity index (χ3v) is 10.1. The molecule has 0 unspecified atom stereocenters. The Balaban J connectivity index is 1.25. The van der Waals surface area contributed by atoms with Crippen LogP contribution in [0.4, 0.5) is 14.6 Å². The Morgan fingerprint density at radius 2 is 1.78 bits per heavy atom. The fourth-order valence-corrected chi connectivity index (χ4v) is 8.10. The lowest BCUT2D eigenvalue weighted by molar-refractivity contribution is 0.108. The SMILES string of the molecule is CCc1c(F)ccc2[nH]cc(-c3ccc4c(N5C[C@H]6CC[C@@H](C5)N6)nc(OCC56CCCN5CCC6)nc4c3F)c12. The van der Waals surface area contributed by atoms with Crippen LogP contribution in [0.3, 0.4) is 0 Å². The number of ether oxygens (including phenoxy) is 1. The summed E-state index contributed by atoms with van der Waals surface area (Å²) >= 11 is 0. The molecule has 4 aromatic rings. The van der Waals surface area contributed by atoms with Gasteiger partial charge in [-0.1, -0.05) is 13.0 Å². The first kappa shape index (κ1) is 25.4. The summed E-state index contributed by atoms with van der Waals surface area (Å²) in [5.41, 5.74) is 2.71. The first-order valence-electron chi connectivity index (χ1n) is 15.2. The van der Waals surface area contributed by atoms with E-state index in [9.17, 15) is 4.39 Å². The molecule has 8 rings (SSSR count). The Kier molecular flexibility index (Phi) is 5.97. The largest absolute Gasteiger partial charge is 0.461 e. The van der Waals surface area contributed by atoms with Gasteiger partial charge in [0, 0.05) is 58.8 Å². The maximum atomic E-state index is 16.7. The summed E-state index contributed by atoms with van der Waals surface area (Å²) in [5, 5.41) is 5.08. The van der Waals surface area contributed by atoms with Crippen molar-refractivity contribution in [2.75, 3.05) is 37.7 Å². The fraction of sp³-hybridized carbons (Fsp3) is 0.500. The molecule has 4 aliphatic rings. The van der Waals surface area contributed by atoms with Crippen LogP contribution in [0.25, 0.3) is 32.9 Å². The number of benzene rings is 2. The van der Waals surface area contributed by atoms with Crippen molar-refractivity contribution in [2.24, 2.45) is 0 Å². The lowest BCUT2D eigenvalue weighted by atomic mass is 9.95. The van der Waals surface area contributed by atoms with Crippen molar-refractivity contribution in [3.05, 3.63) is 47.7 Å². The molecule has 4 fully saturated rings. The smallest absolute Gasteiger partial charge is 0.319 e. The van der Waals surface area contributed by atoms with Crippen molar-refractivity contribution in [1.29, 1.82) is 0 Å². The van der Waals surface area contributed by atoms with E-state index >= 15 is 4.39 Å². The number of rotatable bonds is 6. The van der Waals surface area contributed by atoms with E-state index < -0.39 is 5.82 Å². The van der Waals surface area contributed by atoms with Crippen molar-refractivity contribution < 1.29 is 13.5 Å². The predicted octanol–water partition coefficient (Wildman–Crippen LogP) is 5.57. The molecule has 9 heteroatoms. The molecule has 2 aromatic heterocycles. The molecule has 214 valence electrons. The number of anilines is 1. The molecule has 2 N–H and O–H groups in total. The van der Waals surface area contributed by atoms with Crippen molar-refractivity contribution in [3.8, 4) is 17.1 Å². The van der Waals surface area contributed by atoms with Crippen LogP contribution in [0, 0.1) is 11.6 Å². The molecule has 2 aromatic carbocycles. The summed E-state index contributed by atoms with van der Waals surface area (Å²) < 4.78 is 37.8. The highest BCUT2D eigenvalue weighted by Crippen LogP contribution is 2.41. The molecule has 41 heavy (non-hydrogen) atoms. The number of H-pyrrole nitrogens is 1. The fourth-order valence-electron chi connectivity index (χ4n) is 8.10. The Bertz CT molecular complexity index is 1630. The predicted molar refractivity (Wildman–Crippen MR) is 157 cm³/mol. The van der Waals surface area contributed by atoms with Gasteiger partial charge in [-0.2, -0.15) is 9.97 Å². The van der Waals surface area contributed by atoms with Gasteiger partial charge < -0.3 is 19.9 Å². The van der Waals surface area contributed by atoms with Crippen LogP contribution in [-0.2, 0) is 6.42 Å². The summed E-state index contributed by atoms with van der Waals surface area (Å²) in [5.74, 6) is 0.0334. The van der Waals surface area contributed by atoms with Gasteiger partial charge in [-0.3, -0.25) is 4.90 Å². The average Bonchev–Trinajstić information content (AvgIpc) is 3.75. The maximum Gasteiger partial charge on any atom is 0.319 e. The molecule has 4 saturated heterocycles. The van der Waals surface area contributed by atoms with E-state index in [-0.39, 0.29) is 22.9 Å². The van der Waals surface area contributed by atoms with Crippen LogP contribution < -0.4 is 15.0 Å². The number of nitrogens with one attached hydrogen (secondary N) is 2. The molecule has 0 aliphatic carbocycles. The third kappa shape index (κ3) is 4.03. The minimum absolute atomic E-state index is 0.0394. The van der Waals surface area contributed by atoms with Crippen LogP contribution in [0.15, 0.2) is 30.5 Å². The van der Waals surface area contributed by atoms with Crippen LogP contribution >= 0.6 is 0 Å². The van der Waals surface area contributed by atoms with Gasteiger partial charge >= 0.3 is 6.01 Å². The topological polar surface area (TPSA) is 69.3 Å². The number of fused-ring (bicyclic) bond motifs is 5. The van der Waals surface area contributed by atoms with Gasteiger partial charge in [0.25, 0.3) is 0 Å². The Morgan fingerprint density at radius 3 is 2.54 bits per heavy atom. The first-order valence-corrected chi connectivity index (χ1v) is 15.2. The van der Waals surface area contributed by atoms with Gasteiger partial charge in [0.15, 0.2) is 5.82 Å². The normalized spacial score (nSPS) is 23.6. The molecule has 6 heterocycles. The first-order chi connectivity index (χ1) is 20.0. The second kappa shape index (κ2) is 9.63. The van der Waals surface area contributed by atoms with Crippen LogP contribution in [0.1, 0.15) is 51.0 Å². The number of aryl methyl sites for hydroxylation is 1. The molecular formula is C32H36F2N6O. The molecule has 0 amide bonds. The zero-order valence-corrected chi connectivity index (χ0v) is 23.5. The molecule has 2 atom stereocenters. The zero-order valence-electron chi connectivity index (χ0n) is 23.5. The number of piperazine rings is 1. The lowest BCUT2D eigenvalue weighted by Gasteiger charge is -2.34. The average molecular weight is 559 g/mol. The Labute approximate surface area is 238 Å². The van der Waals surface area contributed by atoms with E-state index in [1.807, 2.05) is 13.0 Å². The maximum absolute atomic E-state index is 16.7. The second-order valence-corrected chi connectivity index (χ2v) is 12.4. The van der Waals surface area contributed by atoms with Crippen molar-refractivity contribution >= 4 is 27.6 Å². The van der Waals surface area contributed by atoms with E-state index in [1.165, 1.54) is 18.9 Å². The number of aromatic nitrogens is 3. The standard InChI is InChI=1S/C32H36F2N6O/c1-2-21-25(33)9-10-26-27(21)24(15-35-26)22-7-8-23-29(28(22)34)37-31(41-18-32-11-3-13-40(32)14-4-12-32)38-30(23)39-16-19-5-6-20(17-39)36-19/h7-10,15,19-20,35-36H,2-6,11-14,16-18H2,1H3/t19-,20+. The minimum atomic E-state index is -0.428. The Hall–Kier alpha value is -3.30. The lowest BCUT2D eigenvalue weighted by Crippen LogP contribution is -2.51. The highest BCUT2D eigenvalue weighted by atomic mass is 19.1. The van der Waals surface area contributed by atoms with Gasteiger partial charge in [0.05, 0.1) is 5.54 Å². The summed E-state index contributed by atoms with van der Waals surface area (Å²) in [6.07, 6.45) is 9.16. The number of hydrogen-bond acceptors (Lipinski definition) is 6. The quantitative estimate of drug-likeness (QED) is 0.323. The molecule has 0 spiro atoms. The van der Waals surface area contributed by atoms with Gasteiger partial charge in [0.2, 0.25) is 0 Å². The zero-order chi connectivity index (χ0) is 27.7. The van der Waals surface area contributed by atoms with Gasteiger partial charge in [0.1, 0.15) is 23.8 Å². The van der Waals surface area contributed by atoms with E-state index in [0.717, 1.165) is 68.6 Å². The van der Waals surface area contributed by atoms with E-state index in [2.05, 4.69) is 20.1 Å². The highest BCUT2D eigenvalue weighted by Gasteiger charge is 2.45. The van der Waals surface area contributed by atoms with Crippen LogP contribution in [-0.4, -0.2) is 70.3 Å². The molecule has 0 saturated carbocycles. The number of halogens is 2. The van der Waals surface area contributed by atoms with E-state index in [4.69, 9.17) is 14.7 Å². The summed E-state index contributed by atoms with van der Waals surface area (Å²) in [6.45, 7) is 6.31. The summed E-state index contributed by atoms with van der Waals surface area (Å²) in [6, 6.07) is 7.96. The van der Waals surface area contributed by atoms with Gasteiger partial charge in [-0.05, 0) is 81.8 Å². The third-order valence-electron chi connectivity index (χ3n) is 10.1. The molecular weight excluding hydrogens is 522 g/mol. The molecule has 4 aliphatic heterocycles. The van der Waals surface area contributed by atoms with E-state index in [1.54, 1.807) is 18.3 Å². The van der Waals surface area contributed by atoms with Crippen LogP contribution in [0.2, 0.25) is 0 Å².